The van der Waals surface area contributed by atoms with Gasteiger partial charge in [0.1, 0.15) is 6.10 Å². The molecule has 1 fully saturated rings. The molecule has 1 amide bonds. The van der Waals surface area contributed by atoms with E-state index in [1.807, 2.05) is 19.1 Å². The SMILES string of the molecule is Cc1ccc(OC2CCN(C(=O)c3cccc(C#N)c3)C2)nn1. The van der Waals surface area contributed by atoms with Crippen molar-refractivity contribution in [1.29, 1.82) is 5.26 Å². The second-order valence-electron chi connectivity index (χ2n) is 5.49. The summed E-state index contributed by atoms with van der Waals surface area (Å²) in [4.78, 5) is 14.2. The lowest BCUT2D eigenvalue weighted by Gasteiger charge is -2.17. The van der Waals surface area contributed by atoms with Crippen molar-refractivity contribution in [3.8, 4) is 11.9 Å². The maximum absolute atomic E-state index is 12.5. The fourth-order valence-corrected chi connectivity index (χ4v) is 2.53. The zero-order chi connectivity index (χ0) is 16.2. The Bertz CT molecular complexity index is 752. The average molecular weight is 308 g/mol. The molecular formula is C17H16N4O2. The summed E-state index contributed by atoms with van der Waals surface area (Å²) in [6.45, 7) is 2.99. The lowest BCUT2D eigenvalue weighted by Crippen LogP contribution is -2.31. The highest BCUT2D eigenvalue weighted by atomic mass is 16.5. The highest BCUT2D eigenvalue weighted by Crippen LogP contribution is 2.18. The van der Waals surface area contributed by atoms with Crippen LogP contribution in [0.4, 0.5) is 0 Å². The minimum absolute atomic E-state index is 0.0804. The Morgan fingerprint density at radius 1 is 1.35 bits per heavy atom. The molecule has 0 aliphatic carbocycles. The largest absolute Gasteiger partial charge is 0.471 e. The summed E-state index contributed by atoms with van der Waals surface area (Å²) in [6.07, 6.45) is 0.661. The van der Waals surface area contributed by atoms with Crippen LogP contribution in [0.15, 0.2) is 36.4 Å². The van der Waals surface area contributed by atoms with Gasteiger partial charge in [-0.3, -0.25) is 4.79 Å². The number of carbonyl (C=O) groups is 1. The van der Waals surface area contributed by atoms with E-state index in [0.29, 0.717) is 30.1 Å². The summed E-state index contributed by atoms with van der Waals surface area (Å²) in [5.74, 6) is 0.393. The Balaban J connectivity index is 1.63. The molecule has 0 N–H and O–H groups in total. The number of rotatable bonds is 3. The van der Waals surface area contributed by atoms with Gasteiger partial charge in [0, 0.05) is 24.6 Å². The first-order chi connectivity index (χ1) is 11.2. The first-order valence-corrected chi connectivity index (χ1v) is 7.42. The van der Waals surface area contributed by atoms with Gasteiger partial charge in [-0.1, -0.05) is 6.07 Å². The van der Waals surface area contributed by atoms with Crippen molar-refractivity contribution in [2.24, 2.45) is 0 Å². The van der Waals surface area contributed by atoms with E-state index in [0.717, 1.165) is 12.1 Å². The van der Waals surface area contributed by atoms with Crippen molar-refractivity contribution >= 4 is 5.91 Å². The van der Waals surface area contributed by atoms with Crippen LogP contribution in [0.3, 0.4) is 0 Å². The van der Waals surface area contributed by atoms with E-state index in [-0.39, 0.29) is 12.0 Å². The number of carbonyl (C=O) groups excluding carboxylic acids is 1. The number of nitriles is 1. The summed E-state index contributed by atoms with van der Waals surface area (Å²) in [6, 6.07) is 12.4. The third kappa shape index (κ3) is 3.46. The third-order valence-electron chi connectivity index (χ3n) is 3.73. The summed E-state index contributed by atoms with van der Waals surface area (Å²) >= 11 is 0. The molecule has 3 rings (SSSR count). The standard InChI is InChI=1S/C17H16N4O2/c1-12-5-6-16(20-19-12)23-15-7-8-21(11-15)17(22)14-4-2-3-13(9-14)10-18/h2-6,9,15H,7-8,11H2,1H3. The van der Waals surface area contributed by atoms with Crippen LogP contribution in [0, 0.1) is 18.3 Å². The van der Waals surface area contributed by atoms with Gasteiger partial charge in [0.05, 0.1) is 23.9 Å². The molecule has 1 saturated heterocycles. The average Bonchev–Trinajstić information content (AvgIpc) is 3.05. The van der Waals surface area contributed by atoms with Crippen molar-refractivity contribution in [1.82, 2.24) is 15.1 Å². The number of aromatic nitrogens is 2. The first-order valence-electron chi connectivity index (χ1n) is 7.42. The van der Waals surface area contributed by atoms with Gasteiger partial charge in [0.15, 0.2) is 0 Å². The number of aryl methyl sites for hydroxylation is 1. The van der Waals surface area contributed by atoms with Gasteiger partial charge in [-0.15, -0.1) is 5.10 Å². The van der Waals surface area contributed by atoms with E-state index in [9.17, 15) is 4.79 Å². The molecule has 6 nitrogen and oxygen atoms in total. The molecule has 23 heavy (non-hydrogen) atoms. The van der Waals surface area contributed by atoms with Gasteiger partial charge in [-0.05, 0) is 31.2 Å². The number of hydrogen-bond acceptors (Lipinski definition) is 5. The number of ether oxygens (including phenoxy) is 1. The molecular weight excluding hydrogens is 292 g/mol. The van der Waals surface area contributed by atoms with E-state index in [2.05, 4.69) is 10.2 Å². The lowest BCUT2D eigenvalue weighted by molar-refractivity contribution is 0.0771. The number of nitrogens with zero attached hydrogens (tertiary/aromatic N) is 4. The van der Waals surface area contributed by atoms with Crippen LogP contribution in [-0.4, -0.2) is 40.2 Å². The summed E-state index contributed by atoms with van der Waals surface area (Å²) in [5, 5.41) is 16.9. The van der Waals surface area contributed by atoms with Crippen LogP contribution in [0.5, 0.6) is 5.88 Å². The van der Waals surface area contributed by atoms with Crippen LogP contribution in [0.1, 0.15) is 28.0 Å². The zero-order valence-electron chi connectivity index (χ0n) is 12.8. The first kappa shape index (κ1) is 15.0. The van der Waals surface area contributed by atoms with Crippen molar-refractivity contribution in [3.63, 3.8) is 0 Å². The Morgan fingerprint density at radius 2 is 2.22 bits per heavy atom. The van der Waals surface area contributed by atoms with Crippen LogP contribution < -0.4 is 4.74 Å². The molecule has 0 bridgehead atoms. The van der Waals surface area contributed by atoms with Gasteiger partial charge < -0.3 is 9.64 Å². The van der Waals surface area contributed by atoms with Crippen molar-refractivity contribution in [2.75, 3.05) is 13.1 Å². The quantitative estimate of drug-likeness (QED) is 0.866. The predicted molar refractivity (Wildman–Crippen MR) is 82.9 cm³/mol. The Labute approximate surface area is 134 Å². The molecule has 1 unspecified atom stereocenters. The number of amides is 1. The molecule has 1 atom stereocenters. The maximum Gasteiger partial charge on any atom is 0.254 e. The van der Waals surface area contributed by atoms with E-state index >= 15 is 0 Å². The number of likely N-dealkylation sites (tertiary alicyclic amines) is 1. The van der Waals surface area contributed by atoms with Gasteiger partial charge in [-0.2, -0.15) is 10.4 Å². The van der Waals surface area contributed by atoms with Crippen molar-refractivity contribution < 1.29 is 9.53 Å². The molecule has 0 saturated carbocycles. The monoisotopic (exact) mass is 308 g/mol. The second-order valence-corrected chi connectivity index (χ2v) is 5.49. The molecule has 2 aromatic rings. The fraction of sp³-hybridized carbons (Fsp3) is 0.294. The van der Waals surface area contributed by atoms with Crippen LogP contribution in [-0.2, 0) is 0 Å². The molecule has 1 aromatic carbocycles. The Hall–Kier alpha value is -2.94. The summed E-state index contributed by atoms with van der Waals surface area (Å²) in [5.41, 5.74) is 1.84. The highest BCUT2D eigenvalue weighted by Gasteiger charge is 2.28. The number of hydrogen-bond donors (Lipinski definition) is 0. The molecule has 1 aliphatic heterocycles. The van der Waals surface area contributed by atoms with Crippen molar-refractivity contribution in [2.45, 2.75) is 19.4 Å². The number of benzene rings is 1. The normalized spacial score (nSPS) is 16.9. The van der Waals surface area contributed by atoms with Crippen LogP contribution in [0.2, 0.25) is 0 Å². The molecule has 1 aliphatic rings. The van der Waals surface area contributed by atoms with Gasteiger partial charge in [0.2, 0.25) is 5.88 Å². The Kier molecular flexibility index (Phi) is 4.20. The molecule has 1 aromatic heterocycles. The van der Waals surface area contributed by atoms with Gasteiger partial charge in [-0.25, -0.2) is 0 Å². The van der Waals surface area contributed by atoms with Gasteiger partial charge in [0.25, 0.3) is 5.91 Å². The molecule has 2 heterocycles. The predicted octanol–water partition coefficient (Wildman–Crippen LogP) is 1.95. The molecule has 6 heteroatoms. The van der Waals surface area contributed by atoms with Crippen LogP contribution in [0.25, 0.3) is 0 Å². The smallest absolute Gasteiger partial charge is 0.254 e. The van der Waals surface area contributed by atoms with Crippen LogP contribution >= 0.6 is 0 Å². The zero-order valence-corrected chi connectivity index (χ0v) is 12.8. The molecule has 116 valence electrons. The highest BCUT2D eigenvalue weighted by molar-refractivity contribution is 5.94. The van der Waals surface area contributed by atoms with Crippen molar-refractivity contribution in [3.05, 3.63) is 53.2 Å². The minimum atomic E-state index is -0.0879. The fourth-order valence-electron chi connectivity index (χ4n) is 2.53. The van der Waals surface area contributed by atoms with Gasteiger partial charge >= 0.3 is 0 Å². The molecule has 0 spiro atoms. The van der Waals surface area contributed by atoms with E-state index in [1.54, 1.807) is 35.2 Å². The van der Waals surface area contributed by atoms with E-state index in [1.165, 1.54) is 0 Å². The molecule has 0 radical (unpaired) electrons. The maximum atomic E-state index is 12.5. The van der Waals surface area contributed by atoms with E-state index in [4.69, 9.17) is 10.00 Å². The minimum Gasteiger partial charge on any atom is -0.471 e. The topological polar surface area (TPSA) is 79.1 Å². The summed E-state index contributed by atoms with van der Waals surface area (Å²) < 4.78 is 5.77. The second kappa shape index (κ2) is 6.44. The van der Waals surface area contributed by atoms with E-state index < -0.39 is 0 Å². The lowest BCUT2D eigenvalue weighted by atomic mass is 10.1. The Morgan fingerprint density at radius 3 is 2.96 bits per heavy atom. The summed E-state index contributed by atoms with van der Waals surface area (Å²) in [7, 11) is 0. The third-order valence-corrected chi connectivity index (χ3v) is 3.73.